The Kier molecular flexibility index (Phi) is 5.71. The average molecular weight is 326 g/mol. The van der Waals surface area contributed by atoms with Crippen molar-refractivity contribution in [3.8, 4) is 0 Å². The normalized spacial score (nSPS) is 13.1. The van der Waals surface area contributed by atoms with Gasteiger partial charge in [-0.3, -0.25) is 10.1 Å². The van der Waals surface area contributed by atoms with Gasteiger partial charge in [-0.15, -0.1) is 0 Å². The molecule has 4 N–H and O–H groups in total. The molecule has 0 aliphatic heterocycles. The number of nitrogens with one attached hydrogen (secondary N) is 2. The summed E-state index contributed by atoms with van der Waals surface area (Å²) in [6, 6.07) is 14.4. The van der Waals surface area contributed by atoms with Gasteiger partial charge in [0.25, 0.3) is 5.91 Å². The molecule has 24 heavy (non-hydrogen) atoms. The van der Waals surface area contributed by atoms with E-state index in [1.165, 1.54) is 16.7 Å². The van der Waals surface area contributed by atoms with E-state index < -0.39 is 18.0 Å². The predicted octanol–water partition coefficient (Wildman–Crippen LogP) is 1.25. The molecule has 0 aromatic heterocycles. The number of nitrogens with two attached hydrogens (primary N) is 1. The summed E-state index contributed by atoms with van der Waals surface area (Å²) in [5.74, 6) is -0.393. The first kappa shape index (κ1) is 17.7. The average Bonchev–Trinajstić information content (AvgIpc) is 2.50. The Labute approximate surface area is 142 Å². The Morgan fingerprint density at radius 2 is 1.79 bits per heavy atom. The number of urea groups is 1. The molecule has 2 aromatic rings. The summed E-state index contributed by atoms with van der Waals surface area (Å²) in [6.07, 6.45) is 0. The molecule has 5 nitrogen and oxygen atoms in total. The minimum atomic E-state index is -0.833. The molecule has 2 aromatic carbocycles. The zero-order chi connectivity index (χ0) is 17.7. The first-order valence-electron chi connectivity index (χ1n) is 7.92. The Hall–Kier alpha value is -2.66. The number of rotatable bonds is 5. The molecule has 0 aliphatic rings. The summed E-state index contributed by atoms with van der Waals surface area (Å²) in [4.78, 5) is 24.6. The van der Waals surface area contributed by atoms with Crippen LogP contribution in [0.15, 0.2) is 48.5 Å². The van der Waals surface area contributed by atoms with Gasteiger partial charge >= 0.3 is 6.03 Å². The van der Waals surface area contributed by atoms with Crippen LogP contribution in [0.25, 0.3) is 0 Å². The first-order valence-corrected chi connectivity index (χ1v) is 7.92. The van der Waals surface area contributed by atoms with Gasteiger partial charge in [-0.25, -0.2) is 4.79 Å². The minimum absolute atomic E-state index is 0.393. The Morgan fingerprint density at radius 3 is 2.38 bits per heavy atom. The van der Waals surface area contributed by atoms with E-state index in [9.17, 15) is 9.59 Å². The summed E-state index contributed by atoms with van der Waals surface area (Å²) in [6.45, 7) is 4.79. The van der Waals surface area contributed by atoms with E-state index in [1.807, 2.05) is 37.4 Å². The number of imide groups is 1. The number of primary amides is 1. The van der Waals surface area contributed by atoms with Crippen LogP contribution in [-0.4, -0.2) is 19.0 Å². The lowest BCUT2D eigenvalue weighted by Crippen LogP contribution is -3.09. The van der Waals surface area contributed by atoms with Crippen molar-refractivity contribution in [1.82, 2.24) is 5.32 Å². The molecule has 0 saturated heterocycles. The number of hydrogen-bond donors (Lipinski definition) is 3. The zero-order valence-corrected chi connectivity index (χ0v) is 14.3. The first-order chi connectivity index (χ1) is 11.4. The number of amides is 3. The van der Waals surface area contributed by atoms with Crippen LogP contribution in [0.2, 0.25) is 0 Å². The third-order valence-electron chi connectivity index (χ3n) is 4.10. The summed E-state index contributed by atoms with van der Waals surface area (Å²) in [5.41, 5.74) is 9.54. The summed E-state index contributed by atoms with van der Waals surface area (Å²) in [7, 11) is 1.94. The second kappa shape index (κ2) is 7.75. The molecule has 0 aliphatic carbocycles. The summed E-state index contributed by atoms with van der Waals surface area (Å²) in [5, 5.41) is 2.21. The Balaban J connectivity index is 2.28. The van der Waals surface area contributed by atoms with Gasteiger partial charge in [0.15, 0.2) is 6.04 Å². The number of quaternary nitrogens is 1. The largest absolute Gasteiger partial charge is 0.351 e. The van der Waals surface area contributed by atoms with Crippen LogP contribution in [0.5, 0.6) is 0 Å². The van der Waals surface area contributed by atoms with Crippen molar-refractivity contribution in [2.75, 3.05) is 7.05 Å². The summed E-state index contributed by atoms with van der Waals surface area (Å²) < 4.78 is 0. The predicted molar refractivity (Wildman–Crippen MR) is 93.4 cm³/mol. The van der Waals surface area contributed by atoms with E-state index in [-0.39, 0.29) is 0 Å². The summed E-state index contributed by atoms with van der Waals surface area (Å²) >= 11 is 0. The van der Waals surface area contributed by atoms with Gasteiger partial charge in [0.05, 0.1) is 7.05 Å². The van der Waals surface area contributed by atoms with Crippen molar-refractivity contribution >= 4 is 11.9 Å². The molecule has 3 amide bonds. The molecule has 0 heterocycles. The number of carbonyl (C=O) groups excluding carboxylic acids is 2. The van der Waals surface area contributed by atoms with Crippen molar-refractivity contribution in [1.29, 1.82) is 0 Å². The van der Waals surface area contributed by atoms with E-state index in [4.69, 9.17) is 5.73 Å². The second-order valence-electron chi connectivity index (χ2n) is 6.15. The Bertz CT molecular complexity index is 729. The van der Waals surface area contributed by atoms with E-state index in [2.05, 4.69) is 37.4 Å². The molecular weight excluding hydrogens is 302 g/mol. The molecule has 0 radical (unpaired) electrons. The van der Waals surface area contributed by atoms with Gasteiger partial charge in [-0.1, -0.05) is 54.1 Å². The lowest BCUT2D eigenvalue weighted by Gasteiger charge is -2.25. The van der Waals surface area contributed by atoms with E-state index in [0.29, 0.717) is 6.54 Å². The maximum absolute atomic E-state index is 12.5. The van der Waals surface area contributed by atoms with Gasteiger partial charge in [0.1, 0.15) is 6.54 Å². The molecule has 0 fully saturated rings. The maximum Gasteiger partial charge on any atom is 0.319 e. The minimum Gasteiger partial charge on any atom is -0.351 e. The van der Waals surface area contributed by atoms with Crippen LogP contribution in [0, 0.1) is 13.8 Å². The smallest absolute Gasteiger partial charge is 0.319 e. The number of aryl methyl sites for hydroxylation is 2. The third-order valence-corrected chi connectivity index (χ3v) is 4.10. The molecule has 2 rings (SSSR count). The monoisotopic (exact) mass is 326 g/mol. The molecule has 1 unspecified atom stereocenters. The van der Waals surface area contributed by atoms with Gasteiger partial charge < -0.3 is 10.6 Å². The highest BCUT2D eigenvalue weighted by atomic mass is 16.2. The molecule has 0 spiro atoms. The standard InChI is InChI=1S/C19H23N3O2/c1-13-9-10-16(14(2)11-13)12-22(3)17(18(23)21-19(20)24)15-7-5-4-6-8-15/h4-11,17H,12H2,1-3H3,(H3,20,21,23,24)/p+1/t17-/m1/s1. The fraction of sp³-hybridized carbons (Fsp3) is 0.263. The van der Waals surface area contributed by atoms with E-state index in [1.54, 1.807) is 0 Å². The van der Waals surface area contributed by atoms with Crippen molar-refractivity contribution in [2.24, 2.45) is 5.73 Å². The number of carbonyl (C=O) groups is 2. The zero-order valence-electron chi connectivity index (χ0n) is 14.3. The lowest BCUT2D eigenvalue weighted by molar-refractivity contribution is -0.916. The molecule has 0 bridgehead atoms. The highest BCUT2D eigenvalue weighted by molar-refractivity contribution is 5.96. The highest BCUT2D eigenvalue weighted by Gasteiger charge is 2.30. The third kappa shape index (κ3) is 4.43. The molecule has 2 atom stereocenters. The number of benzene rings is 2. The molecule has 5 heteroatoms. The van der Waals surface area contributed by atoms with Crippen LogP contribution < -0.4 is 16.0 Å². The van der Waals surface area contributed by atoms with Gasteiger partial charge in [-0.05, 0) is 19.4 Å². The molecule has 0 saturated carbocycles. The molecular formula is C19H24N3O2+. The van der Waals surface area contributed by atoms with Crippen molar-refractivity contribution in [3.63, 3.8) is 0 Å². The fourth-order valence-corrected chi connectivity index (χ4v) is 2.95. The van der Waals surface area contributed by atoms with Crippen LogP contribution in [0.4, 0.5) is 4.79 Å². The second-order valence-corrected chi connectivity index (χ2v) is 6.15. The lowest BCUT2D eigenvalue weighted by atomic mass is 10.0. The quantitative estimate of drug-likeness (QED) is 0.773. The van der Waals surface area contributed by atoms with E-state index in [0.717, 1.165) is 10.5 Å². The van der Waals surface area contributed by atoms with Crippen molar-refractivity contribution < 1.29 is 14.5 Å². The number of likely N-dealkylation sites (N-methyl/N-ethyl adjacent to an activating group) is 1. The van der Waals surface area contributed by atoms with Gasteiger partial charge in [-0.2, -0.15) is 0 Å². The van der Waals surface area contributed by atoms with Crippen LogP contribution in [0.1, 0.15) is 28.3 Å². The van der Waals surface area contributed by atoms with Gasteiger partial charge in [0, 0.05) is 11.1 Å². The maximum atomic E-state index is 12.5. The van der Waals surface area contributed by atoms with Crippen LogP contribution in [0.3, 0.4) is 0 Å². The topological polar surface area (TPSA) is 76.6 Å². The number of hydrogen-bond acceptors (Lipinski definition) is 2. The van der Waals surface area contributed by atoms with Crippen molar-refractivity contribution in [2.45, 2.75) is 26.4 Å². The highest BCUT2D eigenvalue weighted by Crippen LogP contribution is 2.12. The Morgan fingerprint density at radius 1 is 1.12 bits per heavy atom. The van der Waals surface area contributed by atoms with Crippen molar-refractivity contribution in [3.05, 3.63) is 70.8 Å². The fourth-order valence-electron chi connectivity index (χ4n) is 2.95. The molecule has 126 valence electrons. The van der Waals surface area contributed by atoms with Crippen LogP contribution in [-0.2, 0) is 11.3 Å². The SMILES string of the molecule is Cc1ccc(C[NH+](C)[C@@H](C(=O)NC(N)=O)c2ccccc2)c(C)c1. The van der Waals surface area contributed by atoms with Gasteiger partial charge in [0.2, 0.25) is 0 Å². The van der Waals surface area contributed by atoms with E-state index >= 15 is 0 Å². The van der Waals surface area contributed by atoms with Crippen LogP contribution >= 0.6 is 0 Å².